The van der Waals surface area contributed by atoms with E-state index in [1.807, 2.05) is 12.1 Å². The van der Waals surface area contributed by atoms with Gasteiger partial charge in [-0.1, -0.05) is 13.0 Å². The maximum Gasteiger partial charge on any atom is 0.354 e. The third-order valence-electron chi connectivity index (χ3n) is 6.03. The summed E-state index contributed by atoms with van der Waals surface area (Å²) < 4.78 is 14.7. The smallest absolute Gasteiger partial charge is 0.354 e. The third kappa shape index (κ3) is 2.82. The normalized spacial score (nSPS) is 18.0. The molecule has 5 rings (SSSR count). The summed E-state index contributed by atoms with van der Waals surface area (Å²) in [4.78, 5) is 19.1. The van der Waals surface area contributed by atoms with Crippen molar-refractivity contribution in [3.8, 4) is 0 Å². The second kappa shape index (κ2) is 5.65. The van der Waals surface area contributed by atoms with Crippen LogP contribution in [0.2, 0.25) is 0 Å². The van der Waals surface area contributed by atoms with Crippen molar-refractivity contribution in [3.05, 3.63) is 64.4 Å². The van der Waals surface area contributed by atoms with E-state index in [1.54, 1.807) is 12.1 Å². The Hall–Kier alpha value is -2.69. The Morgan fingerprint density at radius 2 is 2.11 bits per heavy atom. The van der Waals surface area contributed by atoms with Crippen LogP contribution in [0.1, 0.15) is 71.5 Å². The SMILES string of the molecule is CC1(c2[nH]c3cc(C4CC4)c(F)cc3c2Cc2cccc(C(=O)O)n2)CC1. The lowest BCUT2D eigenvalue weighted by molar-refractivity contribution is 0.0690. The van der Waals surface area contributed by atoms with Crippen LogP contribution in [-0.2, 0) is 11.8 Å². The number of carbonyl (C=O) groups is 1. The Morgan fingerprint density at radius 1 is 1.33 bits per heavy atom. The van der Waals surface area contributed by atoms with E-state index in [0.717, 1.165) is 53.4 Å². The number of pyridine rings is 1. The predicted octanol–water partition coefficient (Wildman–Crippen LogP) is 4.92. The van der Waals surface area contributed by atoms with Gasteiger partial charge in [-0.05, 0) is 67.0 Å². The van der Waals surface area contributed by atoms with E-state index in [4.69, 9.17) is 0 Å². The largest absolute Gasteiger partial charge is 0.477 e. The summed E-state index contributed by atoms with van der Waals surface area (Å²) in [6.07, 6.45) is 4.83. The van der Waals surface area contributed by atoms with Crippen LogP contribution in [0, 0.1) is 5.82 Å². The summed E-state index contributed by atoms with van der Waals surface area (Å²) in [6, 6.07) is 8.67. The molecule has 0 amide bonds. The van der Waals surface area contributed by atoms with Crippen molar-refractivity contribution in [3.63, 3.8) is 0 Å². The highest BCUT2D eigenvalue weighted by molar-refractivity contribution is 5.87. The van der Waals surface area contributed by atoms with Gasteiger partial charge in [-0.2, -0.15) is 0 Å². The Morgan fingerprint density at radius 3 is 2.78 bits per heavy atom. The van der Waals surface area contributed by atoms with Gasteiger partial charge in [-0.25, -0.2) is 14.2 Å². The zero-order valence-electron chi connectivity index (χ0n) is 15.2. The van der Waals surface area contributed by atoms with Crippen LogP contribution in [0.3, 0.4) is 0 Å². The molecule has 2 fully saturated rings. The molecule has 3 aromatic rings. The Labute approximate surface area is 156 Å². The quantitative estimate of drug-likeness (QED) is 0.675. The van der Waals surface area contributed by atoms with Crippen molar-refractivity contribution in [1.29, 1.82) is 0 Å². The molecular formula is C22H21FN2O2. The van der Waals surface area contributed by atoms with E-state index >= 15 is 0 Å². The summed E-state index contributed by atoms with van der Waals surface area (Å²) in [5.74, 6) is -0.815. The van der Waals surface area contributed by atoms with Crippen LogP contribution in [0.25, 0.3) is 10.9 Å². The summed E-state index contributed by atoms with van der Waals surface area (Å²) in [6.45, 7) is 2.22. The molecule has 0 radical (unpaired) electrons. The molecule has 0 atom stereocenters. The van der Waals surface area contributed by atoms with E-state index in [2.05, 4.69) is 16.9 Å². The first-order chi connectivity index (χ1) is 12.9. The van der Waals surface area contributed by atoms with E-state index in [9.17, 15) is 14.3 Å². The zero-order chi connectivity index (χ0) is 18.8. The molecule has 2 saturated carbocycles. The number of halogens is 1. The summed E-state index contributed by atoms with van der Waals surface area (Å²) >= 11 is 0. The van der Waals surface area contributed by atoms with Crippen molar-refractivity contribution in [1.82, 2.24) is 9.97 Å². The van der Waals surface area contributed by atoms with Crippen LogP contribution in [0.4, 0.5) is 4.39 Å². The molecule has 0 saturated heterocycles. The van der Waals surface area contributed by atoms with Gasteiger partial charge in [0.15, 0.2) is 0 Å². The molecule has 0 bridgehead atoms. The molecule has 27 heavy (non-hydrogen) atoms. The van der Waals surface area contributed by atoms with Crippen molar-refractivity contribution in [2.75, 3.05) is 0 Å². The van der Waals surface area contributed by atoms with Gasteiger partial charge in [0.05, 0.1) is 0 Å². The lowest BCUT2D eigenvalue weighted by Gasteiger charge is -2.11. The number of rotatable bonds is 5. The Balaban J connectivity index is 1.64. The number of carboxylic acid groups (broad SMARTS) is 1. The molecule has 0 unspecified atom stereocenters. The first kappa shape index (κ1) is 16.5. The van der Waals surface area contributed by atoms with Gasteiger partial charge in [-0.3, -0.25) is 0 Å². The number of aromatic nitrogens is 2. The van der Waals surface area contributed by atoms with Gasteiger partial charge in [-0.15, -0.1) is 0 Å². The van der Waals surface area contributed by atoms with Crippen LogP contribution in [-0.4, -0.2) is 21.0 Å². The molecule has 1 aromatic carbocycles. The maximum atomic E-state index is 14.7. The number of fused-ring (bicyclic) bond motifs is 1. The van der Waals surface area contributed by atoms with Gasteiger partial charge < -0.3 is 10.1 Å². The van der Waals surface area contributed by atoms with E-state index in [1.165, 1.54) is 6.07 Å². The number of hydrogen-bond acceptors (Lipinski definition) is 2. The predicted molar refractivity (Wildman–Crippen MR) is 101 cm³/mol. The Kier molecular flexibility index (Phi) is 3.45. The number of hydrogen-bond donors (Lipinski definition) is 2. The molecule has 4 nitrogen and oxygen atoms in total. The second-order valence-electron chi connectivity index (χ2n) is 8.23. The van der Waals surface area contributed by atoms with Crippen molar-refractivity contribution in [2.24, 2.45) is 0 Å². The number of aromatic amines is 1. The average Bonchev–Trinajstić information content (AvgIpc) is 3.56. The first-order valence-electron chi connectivity index (χ1n) is 9.48. The minimum atomic E-state index is -1.04. The van der Waals surface area contributed by atoms with Gasteiger partial charge in [0.25, 0.3) is 0 Å². The molecule has 2 heterocycles. The van der Waals surface area contributed by atoms with Gasteiger partial charge >= 0.3 is 5.97 Å². The standard InChI is InChI=1S/C22H21FN2O2/c1-22(7-8-22)20-16(9-13-3-2-4-18(24-13)21(26)27)15-10-17(23)14(12-5-6-12)11-19(15)25-20/h2-4,10-12,25H,5-9H2,1H3,(H,26,27). The summed E-state index contributed by atoms with van der Waals surface area (Å²) in [5.41, 5.74) is 4.80. The lowest BCUT2D eigenvalue weighted by Crippen LogP contribution is -2.07. The van der Waals surface area contributed by atoms with Crippen molar-refractivity contribution in [2.45, 2.75) is 50.4 Å². The first-order valence-corrected chi connectivity index (χ1v) is 9.48. The van der Waals surface area contributed by atoms with E-state index in [-0.39, 0.29) is 16.9 Å². The lowest BCUT2D eigenvalue weighted by atomic mass is 9.95. The molecule has 0 aliphatic heterocycles. The molecule has 138 valence electrons. The number of nitrogens with one attached hydrogen (secondary N) is 1. The zero-order valence-corrected chi connectivity index (χ0v) is 15.2. The highest BCUT2D eigenvalue weighted by Crippen LogP contribution is 2.50. The summed E-state index contributed by atoms with van der Waals surface area (Å²) in [7, 11) is 0. The van der Waals surface area contributed by atoms with Crippen molar-refractivity contribution >= 4 is 16.9 Å². The molecule has 5 heteroatoms. The minimum absolute atomic E-state index is 0.0359. The fraction of sp³-hybridized carbons (Fsp3) is 0.364. The van der Waals surface area contributed by atoms with Crippen molar-refractivity contribution < 1.29 is 14.3 Å². The van der Waals surface area contributed by atoms with Gasteiger partial charge in [0.2, 0.25) is 0 Å². The average molecular weight is 364 g/mol. The molecular weight excluding hydrogens is 343 g/mol. The molecule has 2 N–H and O–H groups in total. The molecule has 0 spiro atoms. The summed E-state index contributed by atoms with van der Waals surface area (Å²) in [5, 5.41) is 10.1. The number of benzene rings is 1. The number of H-pyrrole nitrogens is 1. The van der Waals surface area contributed by atoms with Crippen LogP contribution < -0.4 is 0 Å². The fourth-order valence-electron chi connectivity index (χ4n) is 4.01. The van der Waals surface area contributed by atoms with Crippen LogP contribution in [0.15, 0.2) is 30.3 Å². The van der Waals surface area contributed by atoms with Gasteiger partial charge in [0.1, 0.15) is 11.5 Å². The molecule has 2 aliphatic carbocycles. The third-order valence-corrected chi connectivity index (χ3v) is 6.03. The molecule has 2 aliphatic rings. The van der Waals surface area contributed by atoms with E-state index < -0.39 is 5.97 Å². The highest BCUT2D eigenvalue weighted by Gasteiger charge is 2.42. The number of nitrogens with zero attached hydrogens (tertiary/aromatic N) is 1. The van der Waals surface area contributed by atoms with Crippen LogP contribution in [0.5, 0.6) is 0 Å². The number of aromatic carboxylic acids is 1. The second-order valence-corrected chi connectivity index (χ2v) is 8.23. The van der Waals surface area contributed by atoms with E-state index in [0.29, 0.717) is 18.0 Å². The highest BCUT2D eigenvalue weighted by atomic mass is 19.1. The maximum absolute atomic E-state index is 14.7. The Bertz CT molecular complexity index is 1080. The monoisotopic (exact) mass is 364 g/mol. The number of carboxylic acids is 1. The van der Waals surface area contributed by atoms with Gasteiger partial charge in [0, 0.05) is 34.1 Å². The minimum Gasteiger partial charge on any atom is -0.477 e. The van der Waals surface area contributed by atoms with Crippen LogP contribution >= 0.6 is 0 Å². The fourth-order valence-corrected chi connectivity index (χ4v) is 4.01. The topological polar surface area (TPSA) is 66.0 Å². The molecule has 2 aromatic heterocycles.